The zero-order valence-corrected chi connectivity index (χ0v) is 6.99. The summed E-state index contributed by atoms with van der Waals surface area (Å²) in [5, 5.41) is 11.8. The lowest BCUT2D eigenvalue weighted by Gasteiger charge is -2.03. The monoisotopic (exact) mass is 164 g/mol. The molecule has 0 fully saturated rings. The second-order valence-corrected chi connectivity index (χ2v) is 2.49. The number of hydrogen-bond acceptors (Lipinski definition) is 3. The molecule has 3 N–H and O–H groups in total. The van der Waals surface area contributed by atoms with Gasteiger partial charge >= 0.3 is 0 Å². The lowest BCUT2D eigenvalue weighted by atomic mass is 10.1. The van der Waals surface area contributed by atoms with Gasteiger partial charge in [0.05, 0.1) is 5.71 Å². The van der Waals surface area contributed by atoms with Crippen LogP contribution in [0.5, 0.6) is 0 Å². The molecular formula is C9H12N2O. The SMILES string of the molecule is CC/C(=N/O)c1ccccc1N. The number of benzene rings is 1. The molecule has 0 saturated heterocycles. The van der Waals surface area contributed by atoms with E-state index in [1.54, 1.807) is 6.07 Å². The summed E-state index contributed by atoms with van der Waals surface area (Å²) in [7, 11) is 0. The maximum atomic E-state index is 8.64. The van der Waals surface area contributed by atoms with Crippen LogP contribution in [0.15, 0.2) is 29.4 Å². The summed E-state index contributed by atoms with van der Waals surface area (Å²) in [6.07, 6.45) is 0.671. The molecular weight excluding hydrogens is 152 g/mol. The van der Waals surface area contributed by atoms with Gasteiger partial charge in [-0.15, -0.1) is 0 Å². The van der Waals surface area contributed by atoms with Crippen LogP contribution >= 0.6 is 0 Å². The van der Waals surface area contributed by atoms with E-state index >= 15 is 0 Å². The minimum Gasteiger partial charge on any atom is -0.411 e. The van der Waals surface area contributed by atoms with E-state index < -0.39 is 0 Å². The number of nitrogens with two attached hydrogens (primary N) is 1. The summed E-state index contributed by atoms with van der Waals surface area (Å²) >= 11 is 0. The van der Waals surface area contributed by atoms with Crippen molar-refractivity contribution in [1.29, 1.82) is 0 Å². The molecule has 1 rings (SSSR count). The lowest BCUT2D eigenvalue weighted by Crippen LogP contribution is -2.03. The standard InChI is InChI=1S/C9H12N2O/c1-2-9(11-12)7-5-3-4-6-8(7)10/h3-6,12H,2,10H2,1H3/b11-9-. The molecule has 0 spiro atoms. The van der Waals surface area contributed by atoms with Crippen LogP contribution in [0.1, 0.15) is 18.9 Å². The summed E-state index contributed by atoms with van der Waals surface area (Å²) in [5.41, 5.74) is 7.75. The van der Waals surface area contributed by atoms with Crippen LogP contribution in [0.2, 0.25) is 0 Å². The summed E-state index contributed by atoms with van der Waals surface area (Å²) in [6.45, 7) is 1.92. The van der Waals surface area contributed by atoms with Crippen molar-refractivity contribution >= 4 is 11.4 Å². The van der Waals surface area contributed by atoms with Crippen molar-refractivity contribution in [3.63, 3.8) is 0 Å². The quantitative estimate of drug-likeness (QED) is 0.303. The van der Waals surface area contributed by atoms with Gasteiger partial charge in [-0.1, -0.05) is 30.3 Å². The van der Waals surface area contributed by atoms with Crippen molar-refractivity contribution in [2.24, 2.45) is 5.16 Å². The molecule has 0 unspecified atom stereocenters. The number of para-hydroxylation sites is 1. The number of anilines is 1. The molecule has 0 radical (unpaired) electrons. The highest BCUT2D eigenvalue weighted by atomic mass is 16.4. The molecule has 64 valence electrons. The van der Waals surface area contributed by atoms with Crippen LogP contribution in [0, 0.1) is 0 Å². The molecule has 3 nitrogen and oxygen atoms in total. The Balaban J connectivity index is 3.10. The molecule has 1 aromatic rings. The zero-order chi connectivity index (χ0) is 8.97. The van der Waals surface area contributed by atoms with E-state index in [1.165, 1.54) is 0 Å². The van der Waals surface area contributed by atoms with Crippen LogP contribution < -0.4 is 5.73 Å². The van der Waals surface area contributed by atoms with Gasteiger partial charge in [0.2, 0.25) is 0 Å². The molecule has 12 heavy (non-hydrogen) atoms. The zero-order valence-electron chi connectivity index (χ0n) is 6.99. The van der Waals surface area contributed by atoms with Gasteiger partial charge in [0.15, 0.2) is 0 Å². The van der Waals surface area contributed by atoms with Crippen molar-refractivity contribution < 1.29 is 5.21 Å². The summed E-state index contributed by atoms with van der Waals surface area (Å²) in [4.78, 5) is 0. The van der Waals surface area contributed by atoms with E-state index in [0.717, 1.165) is 5.56 Å². The largest absolute Gasteiger partial charge is 0.411 e. The maximum absolute atomic E-state index is 8.64. The Morgan fingerprint density at radius 1 is 1.50 bits per heavy atom. The van der Waals surface area contributed by atoms with Crippen LogP contribution in [0.3, 0.4) is 0 Å². The first-order chi connectivity index (χ1) is 5.79. The topological polar surface area (TPSA) is 58.6 Å². The second kappa shape index (κ2) is 3.76. The van der Waals surface area contributed by atoms with E-state index in [2.05, 4.69) is 5.16 Å². The van der Waals surface area contributed by atoms with Crippen molar-refractivity contribution in [2.45, 2.75) is 13.3 Å². The Morgan fingerprint density at radius 3 is 2.67 bits per heavy atom. The van der Waals surface area contributed by atoms with E-state index in [0.29, 0.717) is 17.8 Å². The molecule has 3 heteroatoms. The van der Waals surface area contributed by atoms with Crippen molar-refractivity contribution in [2.75, 3.05) is 5.73 Å². The first-order valence-corrected chi connectivity index (χ1v) is 3.85. The molecule has 0 aliphatic rings. The predicted octanol–water partition coefficient (Wildman–Crippen LogP) is 1.86. The van der Waals surface area contributed by atoms with Crippen LogP contribution in [-0.2, 0) is 0 Å². The molecule has 0 amide bonds. The van der Waals surface area contributed by atoms with Gasteiger partial charge in [0, 0.05) is 11.3 Å². The molecule has 0 saturated carbocycles. The van der Waals surface area contributed by atoms with Gasteiger partial charge in [0.1, 0.15) is 0 Å². The fourth-order valence-corrected chi connectivity index (χ4v) is 1.07. The van der Waals surface area contributed by atoms with Crippen molar-refractivity contribution in [3.8, 4) is 0 Å². The van der Waals surface area contributed by atoms with Gasteiger partial charge in [-0.2, -0.15) is 0 Å². The average molecular weight is 164 g/mol. The van der Waals surface area contributed by atoms with Crippen LogP contribution in [-0.4, -0.2) is 10.9 Å². The van der Waals surface area contributed by atoms with Gasteiger partial charge < -0.3 is 10.9 Å². The number of oxime groups is 1. The minimum atomic E-state index is 0.619. The van der Waals surface area contributed by atoms with E-state index in [4.69, 9.17) is 10.9 Å². The number of nitrogens with zero attached hydrogens (tertiary/aromatic N) is 1. The summed E-state index contributed by atoms with van der Waals surface area (Å²) in [5.74, 6) is 0. The third kappa shape index (κ3) is 1.56. The van der Waals surface area contributed by atoms with Crippen LogP contribution in [0.4, 0.5) is 5.69 Å². The van der Waals surface area contributed by atoms with Gasteiger partial charge in [-0.3, -0.25) is 0 Å². The Kier molecular flexibility index (Phi) is 2.69. The molecule has 0 atom stereocenters. The molecule has 0 bridgehead atoms. The third-order valence-corrected chi connectivity index (χ3v) is 1.73. The lowest BCUT2D eigenvalue weighted by molar-refractivity contribution is 0.318. The molecule has 0 heterocycles. The smallest absolute Gasteiger partial charge is 0.0885 e. The summed E-state index contributed by atoms with van der Waals surface area (Å²) in [6, 6.07) is 7.35. The second-order valence-electron chi connectivity index (χ2n) is 2.49. The van der Waals surface area contributed by atoms with Crippen LogP contribution in [0.25, 0.3) is 0 Å². The highest BCUT2D eigenvalue weighted by Gasteiger charge is 2.03. The normalized spacial score (nSPS) is 11.6. The van der Waals surface area contributed by atoms with E-state index in [-0.39, 0.29) is 0 Å². The van der Waals surface area contributed by atoms with E-state index in [9.17, 15) is 0 Å². The molecule has 1 aromatic carbocycles. The maximum Gasteiger partial charge on any atom is 0.0885 e. The van der Waals surface area contributed by atoms with E-state index in [1.807, 2.05) is 25.1 Å². The Labute approximate surface area is 71.5 Å². The predicted molar refractivity (Wildman–Crippen MR) is 49.5 cm³/mol. The Morgan fingerprint density at radius 2 is 2.17 bits per heavy atom. The fourth-order valence-electron chi connectivity index (χ4n) is 1.07. The minimum absolute atomic E-state index is 0.619. The van der Waals surface area contributed by atoms with Gasteiger partial charge in [-0.05, 0) is 12.5 Å². The summed E-state index contributed by atoms with van der Waals surface area (Å²) < 4.78 is 0. The van der Waals surface area contributed by atoms with Gasteiger partial charge in [0.25, 0.3) is 0 Å². The Hall–Kier alpha value is -1.51. The number of rotatable bonds is 2. The van der Waals surface area contributed by atoms with Crippen molar-refractivity contribution in [3.05, 3.63) is 29.8 Å². The first kappa shape index (κ1) is 8.59. The molecule has 0 aromatic heterocycles. The first-order valence-electron chi connectivity index (χ1n) is 3.85. The van der Waals surface area contributed by atoms with Gasteiger partial charge in [-0.25, -0.2) is 0 Å². The molecule has 0 aliphatic carbocycles. The highest BCUT2D eigenvalue weighted by Crippen LogP contribution is 2.13. The number of hydrogen-bond donors (Lipinski definition) is 2. The molecule has 0 aliphatic heterocycles. The average Bonchev–Trinajstić information content (AvgIpc) is 2.10. The fraction of sp³-hybridized carbons (Fsp3) is 0.222. The highest BCUT2D eigenvalue weighted by molar-refractivity contribution is 6.04. The Bertz CT molecular complexity index is 294. The third-order valence-electron chi connectivity index (χ3n) is 1.73. The van der Waals surface area contributed by atoms with Crippen molar-refractivity contribution in [1.82, 2.24) is 0 Å². The number of nitrogen functional groups attached to an aromatic ring is 1.